The van der Waals surface area contributed by atoms with E-state index in [0.717, 1.165) is 18.1 Å². The summed E-state index contributed by atoms with van der Waals surface area (Å²) in [6, 6.07) is 0.246. The number of amides is 1. The molecule has 3 atom stereocenters. The van der Waals surface area contributed by atoms with Gasteiger partial charge in [-0.05, 0) is 5.92 Å². The molecule has 5 nitrogen and oxygen atoms in total. The number of nitrogens with zero attached hydrogens (tertiary/aromatic N) is 1. The zero-order valence-electron chi connectivity index (χ0n) is 10.6. The second kappa shape index (κ2) is 5.93. The van der Waals surface area contributed by atoms with Crippen LogP contribution in [0.4, 0.5) is 0 Å². The number of thioether (sulfide) groups is 1. The van der Waals surface area contributed by atoms with Crippen LogP contribution in [0.5, 0.6) is 0 Å². The quantitative estimate of drug-likeness (QED) is 0.771. The lowest BCUT2D eigenvalue weighted by atomic mass is 9.99. The molecule has 0 aromatic rings. The van der Waals surface area contributed by atoms with Gasteiger partial charge in [0.25, 0.3) is 0 Å². The Morgan fingerprint density at radius 1 is 1.44 bits per heavy atom. The number of carboxylic acids is 1. The van der Waals surface area contributed by atoms with Crippen LogP contribution in [0.3, 0.4) is 0 Å². The van der Waals surface area contributed by atoms with E-state index in [-0.39, 0.29) is 17.9 Å². The molecule has 0 spiro atoms. The smallest absolute Gasteiger partial charge is 0.308 e. The molecule has 18 heavy (non-hydrogen) atoms. The second-order valence-electron chi connectivity index (χ2n) is 5.15. The van der Waals surface area contributed by atoms with Crippen molar-refractivity contribution in [3.63, 3.8) is 0 Å². The van der Waals surface area contributed by atoms with E-state index in [1.165, 1.54) is 0 Å². The van der Waals surface area contributed by atoms with E-state index in [2.05, 4.69) is 5.32 Å². The van der Waals surface area contributed by atoms with Gasteiger partial charge in [-0.1, -0.05) is 6.92 Å². The molecule has 1 amide bonds. The minimum absolute atomic E-state index is 0.0557. The Hall–Kier alpha value is -0.750. The zero-order valence-corrected chi connectivity index (χ0v) is 11.4. The molecule has 2 N–H and O–H groups in total. The number of hydrogen-bond acceptors (Lipinski definition) is 4. The average molecular weight is 272 g/mol. The number of likely N-dealkylation sites (tertiary alicyclic amines) is 1. The van der Waals surface area contributed by atoms with Crippen LogP contribution in [0.15, 0.2) is 0 Å². The Balaban J connectivity index is 1.84. The highest BCUT2D eigenvalue weighted by Gasteiger charge is 2.37. The molecule has 0 bridgehead atoms. The number of aliphatic carboxylic acids is 1. The van der Waals surface area contributed by atoms with Crippen LogP contribution in [0.25, 0.3) is 0 Å². The Bertz CT molecular complexity index is 331. The van der Waals surface area contributed by atoms with Crippen molar-refractivity contribution in [1.29, 1.82) is 0 Å². The molecular formula is C12H20N2O3S. The topological polar surface area (TPSA) is 69.6 Å². The molecule has 2 saturated heterocycles. The van der Waals surface area contributed by atoms with Crippen LogP contribution in [0, 0.1) is 11.8 Å². The number of hydrogen-bond donors (Lipinski definition) is 2. The van der Waals surface area contributed by atoms with Crippen LogP contribution < -0.4 is 5.32 Å². The van der Waals surface area contributed by atoms with E-state index < -0.39 is 11.9 Å². The van der Waals surface area contributed by atoms with Gasteiger partial charge in [0.15, 0.2) is 0 Å². The van der Waals surface area contributed by atoms with Crippen LogP contribution in [-0.2, 0) is 9.59 Å². The molecule has 0 saturated carbocycles. The van der Waals surface area contributed by atoms with Gasteiger partial charge >= 0.3 is 5.97 Å². The third-order valence-corrected chi connectivity index (χ3v) is 4.83. The van der Waals surface area contributed by atoms with Crippen molar-refractivity contribution in [2.24, 2.45) is 11.8 Å². The van der Waals surface area contributed by atoms with Gasteiger partial charge in [0, 0.05) is 43.6 Å². The maximum atomic E-state index is 12.1. The fourth-order valence-corrected chi connectivity index (χ4v) is 3.53. The summed E-state index contributed by atoms with van der Waals surface area (Å²) in [4.78, 5) is 24.8. The first-order valence-electron chi connectivity index (χ1n) is 6.39. The van der Waals surface area contributed by atoms with E-state index in [9.17, 15) is 9.59 Å². The van der Waals surface area contributed by atoms with E-state index >= 15 is 0 Å². The summed E-state index contributed by atoms with van der Waals surface area (Å²) >= 11 is 1.87. The summed E-state index contributed by atoms with van der Waals surface area (Å²) in [7, 11) is 0. The number of rotatable bonds is 3. The molecule has 102 valence electrons. The van der Waals surface area contributed by atoms with Crippen molar-refractivity contribution in [2.45, 2.75) is 19.4 Å². The minimum atomic E-state index is -0.788. The van der Waals surface area contributed by atoms with Crippen molar-refractivity contribution < 1.29 is 14.7 Å². The minimum Gasteiger partial charge on any atom is -0.481 e. The van der Waals surface area contributed by atoms with E-state index in [0.29, 0.717) is 19.5 Å². The van der Waals surface area contributed by atoms with Gasteiger partial charge in [0.2, 0.25) is 5.91 Å². The number of nitrogens with one attached hydrogen (secondary N) is 1. The van der Waals surface area contributed by atoms with Gasteiger partial charge in [0.05, 0.1) is 5.92 Å². The van der Waals surface area contributed by atoms with Gasteiger partial charge in [-0.25, -0.2) is 0 Å². The maximum absolute atomic E-state index is 12.1. The lowest BCUT2D eigenvalue weighted by Gasteiger charge is -2.25. The molecule has 2 rings (SSSR count). The van der Waals surface area contributed by atoms with Crippen LogP contribution >= 0.6 is 11.8 Å². The molecule has 2 aliphatic heterocycles. The van der Waals surface area contributed by atoms with Crippen molar-refractivity contribution in [3.8, 4) is 0 Å². The second-order valence-corrected chi connectivity index (χ2v) is 6.30. The van der Waals surface area contributed by atoms with Gasteiger partial charge in [-0.2, -0.15) is 11.8 Å². The fourth-order valence-electron chi connectivity index (χ4n) is 2.58. The van der Waals surface area contributed by atoms with Gasteiger partial charge in [-0.15, -0.1) is 0 Å². The summed E-state index contributed by atoms with van der Waals surface area (Å²) < 4.78 is 0. The zero-order chi connectivity index (χ0) is 13.1. The predicted molar refractivity (Wildman–Crippen MR) is 70.6 cm³/mol. The molecule has 0 radical (unpaired) electrons. The predicted octanol–water partition coefficient (Wildman–Crippen LogP) is 0.261. The number of carbonyl (C=O) groups excluding carboxylic acids is 1. The van der Waals surface area contributed by atoms with Gasteiger partial charge in [-0.3, -0.25) is 9.59 Å². The highest BCUT2D eigenvalue weighted by molar-refractivity contribution is 7.99. The molecular weight excluding hydrogens is 252 g/mol. The first-order chi connectivity index (χ1) is 8.58. The maximum Gasteiger partial charge on any atom is 0.308 e. The van der Waals surface area contributed by atoms with Crippen LogP contribution in [0.2, 0.25) is 0 Å². The Kier molecular flexibility index (Phi) is 4.50. The van der Waals surface area contributed by atoms with Gasteiger partial charge in [0.1, 0.15) is 0 Å². The summed E-state index contributed by atoms with van der Waals surface area (Å²) in [5, 5.41) is 12.4. The van der Waals surface area contributed by atoms with E-state index in [1.807, 2.05) is 18.7 Å². The SMILES string of the molecule is C[C@@H]1CN(C(=O)CC2CSCCN2)C[C@H]1C(=O)O. The van der Waals surface area contributed by atoms with Crippen molar-refractivity contribution in [1.82, 2.24) is 10.2 Å². The Morgan fingerprint density at radius 2 is 2.22 bits per heavy atom. The van der Waals surface area contributed by atoms with Crippen molar-refractivity contribution >= 4 is 23.6 Å². The summed E-state index contributed by atoms with van der Waals surface area (Å²) in [6.07, 6.45) is 0.492. The molecule has 2 fully saturated rings. The number of carbonyl (C=O) groups is 2. The summed E-state index contributed by atoms with van der Waals surface area (Å²) in [6.45, 7) is 3.81. The highest BCUT2D eigenvalue weighted by Crippen LogP contribution is 2.24. The monoisotopic (exact) mass is 272 g/mol. The molecule has 2 aliphatic rings. The largest absolute Gasteiger partial charge is 0.481 e. The highest BCUT2D eigenvalue weighted by atomic mass is 32.2. The first kappa shape index (κ1) is 13.7. The Labute approximate surface area is 111 Å². The molecule has 6 heteroatoms. The molecule has 1 unspecified atom stereocenters. The van der Waals surface area contributed by atoms with E-state index in [4.69, 9.17) is 5.11 Å². The normalized spacial score (nSPS) is 32.5. The number of carboxylic acid groups (broad SMARTS) is 1. The fraction of sp³-hybridized carbons (Fsp3) is 0.833. The molecule has 2 heterocycles. The molecule has 0 aromatic carbocycles. The summed E-state index contributed by atoms with van der Waals surface area (Å²) in [5.74, 6) is 1.03. The van der Waals surface area contributed by atoms with Crippen LogP contribution in [-0.4, -0.2) is 59.1 Å². The summed E-state index contributed by atoms with van der Waals surface area (Å²) in [5.41, 5.74) is 0. The van der Waals surface area contributed by atoms with E-state index in [1.54, 1.807) is 4.90 Å². The lowest BCUT2D eigenvalue weighted by molar-refractivity contribution is -0.142. The third kappa shape index (κ3) is 3.17. The average Bonchev–Trinajstić information content (AvgIpc) is 2.73. The van der Waals surface area contributed by atoms with Crippen molar-refractivity contribution in [3.05, 3.63) is 0 Å². The molecule has 0 aliphatic carbocycles. The van der Waals surface area contributed by atoms with Crippen molar-refractivity contribution in [2.75, 3.05) is 31.1 Å². The third-order valence-electron chi connectivity index (χ3n) is 3.70. The lowest BCUT2D eigenvalue weighted by Crippen LogP contribution is -2.42. The molecule has 0 aromatic heterocycles. The van der Waals surface area contributed by atoms with Crippen LogP contribution in [0.1, 0.15) is 13.3 Å². The standard InChI is InChI=1S/C12H20N2O3S/c1-8-5-14(6-10(8)12(16)17)11(15)4-9-7-18-3-2-13-9/h8-10,13H,2-7H2,1H3,(H,16,17)/t8-,9?,10-/m1/s1. The first-order valence-corrected chi connectivity index (χ1v) is 7.55. The van der Waals surface area contributed by atoms with Gasteiger partial charge < -0.3 is 15.3 Å². The Morgan fingerprint density at radius 3 is 2.78 bits per heavy atom.